The molecule has 19 heavy (non-hydrogen) atoms. The fourth-order valence-electron chi connectivity index (χ4n) is 1.02. The summed E-state index contributed by atoms with van der Waals surface area (Å²) >= 11 is 0. The van der Waals surface area contributed by atoms with Gasteiger partial charge in [0, 0.05) is 11.9 Å². The van der Waals surface area contributed by atoms with Gasteiger partial charge in [0.1, 0.15) is 0 Å². The van der Waals surface area contributed by atoms with Crippen molar-refractivity contribution in [3.63, 3.8) is 0 Å². The second-order valence-electron chi connectivity index (χ2n) is 3.59. The summed E-state index contributed by atoms with van der Waals surface area (Å²) in [6.07, 6.45) is 4.45. The summed E-state index contributed by atoms with van der Waals surface area (Å²) in [6, 6.07) is 0. The number of carbonyl (C=O) groups excluding carboxylic acids is 2. The Morgan fingerprint density at radius 1 is 0.684 bits per heavy atom. The number of unbranched alkanes of at least 4 members (excludes halogenated alkanes) is 3. The van der Waals surface area contributed by atoms with Gasteiger partial charge in [-0.25, -0.2) is 0 Å². The molecule has 0 rings (SSSR count). The van der Waals surface area contributed by atoms with E-state index in [4.69, 9.17) is 11.5 Å². The molecular weight excluding hydrogens is 270 g/mol. The van der Waals surface area contributed by atoms with Gasteiger partial charge in [0.15, 0.2) is 0 Å². The summed E-state index contributed by atoms with van der Waals surface area (Å²) in [5.74, 6) is -2.45. The second-order valence-corrected chi connectivity index (χ2v) is 3.59. The zero-order valence-electron chi connectivity index (χ0n) is 12.2. The van der Waals surface area contributed by atoms with Crippen LogP contribution in [0.15, 0.2) is 0 Å². The van der Waals surface area contributed by atoms with Crippen LogP contribution in [0.25, 0.3) is 0 Å². The number of hydrogen-bond donors (Lipinski definition) is 2. The summed E-state index contributed by atoms with van der Waals surface area (Å²) in [5.41, 5.74) is 10.6. The molecule has 0 saturated carbocycles. The van der Waals surface area contributed by atoms with Crippen LogP contribution in [0.5, 0.6) is 0 Å². The van der Waals surface area contributed by atoms with E-state index in [-0.39, 0.29) is 78.4 Å². The van der Waals surface area contributed by atoms with Crippen molar-refractivity contribution in [3.8, 4) is 0 Å². The van der Waals surface area contributed by atoms with Crippen LogP contribution in [-0.2, 0) is 9.59 Å². The molecule has 0 radical (unpaired) electrons. The van der Waals surface area contributed by atoms with Gasteiger partial charge >= 0.3 is 59.1 Å². The molecule has 0 atom stereocenters. The first-order valence-corrected chi connectivity index (χ1v) is 5.84. The number of aliphatic carboxylic acids is 2. The van der Waals surface area contributed by atoms with E-state index in [1.165, 1.54) is 12.8 Å². The van der Waals surface area contributed by atoms with Gasteiger partial charge in [-0.3, -0.25) is 0 Å². The van der Waals surface area contributed by atoms with Crippen molar-refractivity contribution in [1.82, 2.24) is 0 Å². The molecule has 4 N–H and O–H groups in total. The predicted octanol–water partition coefficient (Wildman–Crippen LogP) is -7.87. The minimum atomic E-state index is -1.23. The first-order chi connectivity index (χ1) is 8.04. The Morgan fingerprint density at radius 2 is 1.00 bits per heavy atom. The van der Waals surface area contributed by atoms with Gasteiger partial charge in [-0.1, -0.05) is 12.8 Å². The number of carbonyl (C=O) groups is 2. The molecule has 0 fully saturated rings. The quantitative estimate of drug-likeness (QED) is 0.320. The minimum Gasteiger partial charge on any atom is -0.550 e. The number of carboxylic acid groups (broad SMARTS) is 2. The number of carboxylic acids is 2. The summed E-state index contributed by atoms with van der Waals surface area (Å²) in [4.78, 5) is 19.3. The maximum Gasteiger partial charge on any atom is 1.00 e. The number of hydrogen-bond acceptors (Lipinski definition) is 6. The molecule has 0 aliphatic heterocycles. The maximum atomic E-state index is 9.66. The Hall–Kier alpha value is 0.860. The van der Waals surface area contributed by atoms with Crippen LogP contribution in [-0.4, -0.2) is 25.0 Å². The van der Waals surface area contributed by atoms with Gasteiger partial charge < -0.3 is 31.3 Å². The van der Waals surface area contributed by atoms with E-state index in [2.05, 4.69) is 0 Å². The molecule has 0 unspecified atom stereocenters. The summed E-state index contributed by atoms with van der Waals surface area (Å²) < 4.78 is 0. The fraction of sp³-hybridized carbons (Fsp3) is 0.818. The van der Waals surface area contributed by atoms with Gasteiger partial charge in [0.2, 0.25) is 0 Å². The van der Waals surface area contributed by atoms with Gasteiger partial charge in [-0.2, -0.15) is 0 Å². The van der Waals surface area contributed by atoms with E-state index in [1.807, 2.05) is 0 Å². The number of nitrogens with two attached hydrogens (primary N) is 2. The molecule has 0 aromatic rings. The summed E-state index contributed by atoms with van der Waals surface area (Å²) in [7, 11) is 0. The van der Waals surface area contributed by atoms with Crippen LogP contribution in [0.2, 0.25) is 0 Å². The standard InChI is InChI=1S/C6H16N2.C5H8O4.2Na/c7-5-3-1-2-4-6-8;6-4(7)2-1-3-5(8)9;;/h1-8H2;1-3H2,(H,6,7)(H,8,9);;/q;;2*+1/p-2. The average molecular weight is 292 g/mol. The first kappa shape index (κ1) is 28.1. The normalized spacial score (nSPS) is 8.32. The Morgan fingerprint density at radius 3 is 1.21 bits per heavy atom. The first-order valence-electron chi connectivity index (χ1n) is 5.84. The maximum absolute atomic E-state index is 9.66. The third-order valence-electron chi connectivity index (χ3n) is 1.92. The molecule has 0 heterocycles. The van der Waals surface area contributed by atoms with Crippen LogP contribution >= 0.6 is 0 Å². The van der Waals surface area contributed by atoms with Gasteiger partial charge in [-0.15, -0.1) is 0 Å². The molecule has 102 valence electrons. The molecule has 8 heteroatoms. The number of rotatable bonds is 9. The van der Waals surface area contributed by atoms with E-state index < -0.39 is 11.9 Å². The van der Waals surface area contributed by atoms with E-state index in [1.54, 1.807) is 0 Å². The van der Waals surface area contributed by atoms with Crippen LogP contribution in [0.3, 0.4) is 0 Å². The molecule has 0 aromatic heterocycles. The van der Waals surface area contributed by atoms with Crippen molar-refractivity contribution < 1.29 is 78.9 Å². The summed E-state index contributed by atoms with van der Waals surface area (Å²) in [6.45, 7) is 1.65. The van der Waals surface area contributed by atoms with Crippen molar-refractivity contribution >= 4 is 11.9 Å². The predicted molar refractivity (Wildman–Crippen MR) is 60.4 cm³/mol. The van der Waals surface area contributed by atoms with Crippen molar-refractivity contribution in [2.24, 2.45) is 11.5 Å². The largest absolute Gasteiger partial charge is 1.00 e. The topological polar surface area (TPSA) is 132 Å². The Balaban J connectivity index is -0.000000108. The molecule has 0 aliphatic carbocycles. The van der Waals surface area contributed by atoms with Crippen molar-refractivity contribution in [2.75, 3.05) is 13.1 Å². The van der Waals surface area contributed by atoms with Crippen LogP contribution in [0.1, 0.15) is 44.9 Å². The monoisotopic (exact) mass is 292 g/mol. The third-order valence-corrected chi connectivity index (χ3v) is 1.92. The summed E-state index contributed by atoms with van der Waals surface area (Å²) in [5, 5.41) is 19.3. The smallest absolute Gasteiger partial charge is 0.550 e. The third kappa shape index (κ3) is 38.1. The average Bonchev–Trinajstić information content (AvgIpc) is 2.24. The second kappa shape index (κ2) is 23.9. The molecule has 0 amide bonds. The van der Waals surface area contributed by atoms with Crippen molar-refractivity contribution in [3.05, 3.63) is 0 Å². The van der Waals surface area contributed by atoms with Gasteiger partial charge in [0.05, 0.1) is 0 Å². The Bertz CT molecular complexity index is 187. The van der Waals surface area contributed by atoms with E-state index >= 15 is 0 Å². The minimum absolute atomic E-state index is 0. The molecule has 0 saturated heterocycles. The molecule has 0 bridgehead atoms. The van der Waals surface area contributed by atoms with E-state index in [9.17, 15) is 19.8 Å². The molecule has 0 aromatic carbocycles. The Kier molecular flexibility index (Phi) is 35.4. The zero-order chi connectivity index (χ0) is 13.5. The molecular formula is C11H22N2Na2O4. The van der Waals surface area contributed by atoms with Crippen LogP contribution < -0.4 is 80.8 Å². The van der Waals surface area contributed by atoms with Crippen molar-refractivity contribution in [1.29, 1.82) is 0 Å². The van der Waals surface area contributed by atoms with E-state index in [0.29, 0.717) is 0 Å². The van der Waals surface area contributed by atoms with E-state index in [0.717, 1.165) is 25.9 Å². The fourth-order valence-corrected chi connectivity index (χ4v) is 1.02. The molecule has 0 aliphatic rings. The molecule has 0 spiro atoms. The van der Waals surface area contributed by atoms with Gasteiger partial charge in [-0.05, 0) is 45.2 Å². The van der Waals surface area contributed by atoms with Crippen LogP contribution in [0, 0.1) is 0 Å². The molecule has 6 nitrogen and oxygen atoms in total. The Labute approximate surface area is 159 Å². The zero-order valence-corrected chi connectivity index (χ0v) is 16.2. The van der Waals surface area contributed by atoms with Gasteiger partial charge in [0.25, 0.3) is 0 Å². The van der Waals surface area contributed by atoms with Crippen LogP contribution in [0.4, 0.5) is 0 Å². The van der Waals surface area contributed by atoms with Crippen molar-refractivity contribution in [2.45, 2.75) is 44.9 Å². The SMILES string of the molecule is NCCCCCCN.O=C([O-])CCCC(=O)[O-].[Na+].[Na+].